The lowest BCUT2D eigenvalue weighted by atomic mass is 10.1. The van der Waals surface area contributed by atoms with Gasteiger partial charge in [0, 0.05) is 12.1 Å². The largest absolute Gasteiger partial charge is 0.573 e. The highest BCUT2D eigenvalue weighted by molar-refractivity contribution is 5.93. The maximum atomic E-state index is 12.2. The maximum absolute atomic E-state index is 12.2. The summed E-state index contributed by atoms with van der Waals surface area (Å²) in [4.78, 5) is 11.3. The summed E-state index contributed by atoms with van der Waals surface area (Å²) >= 11 is 0. The number of benzene rings is 1. The Hall–Kier alpha value is -2.57. The summed E-state index contributed by atoms with van der Waals surface area (Å²) in [6.45, 7) is -3.46. The van der Waals surface area contributed by atoms with Crippen molar-refractivity contribution in [3.05, 3.63) is 23.3 Å². The van der Waals surface area contributed by atoms with Gasteiger partial charge in [-0.15, -0.1) is 13.2 Å². The van der Waals surface area contributed by atoms with Crippen molar-refractivity contribution in [2.45, 2.75) is 13.0 Å². The third-order valence-electron chi connectivity index (χ3n) is 2.05. The number of halogens is 5. The predicted molar refractivity (Wildman–Crippen MR) is 55.8 cm³/mol. The number of ether oxygens (including phenoxy) is 3. The van der Waals surface area contributed by atoms with Crippen LogP contribution in [0.15, 0.2) is 12.1 Å². The van der Waals surface area contributed by atoms with E-state index >= 15 is 0 Å². The highest BCUT2D eigenvalue weighted by Gasteiger charge is 2.34. The zero-order chi connectivity index (χ0) is 16.2. The summed E-state index contributed by atoms with van der Waals surface area (Å²) in [7, 11) is 0.942. The first-order chi connectivity index (χ1) is 9.67. The molecule has 0 fully saturated rings. The van der Waals surface area contributed by atoms with Crippen LogP contribution in [0.1, 0.15) is 15.9 Å². The molecular weight excluding hydrogens is 305 g/mol. The molecule has 114 valence electrons. The summed E-state index contributed by atoms with van der Waals surface area (Å²) in [5.74, 6) is -3.34. The van der Waals surface area contributed by atoms with Gasteiger partial charge < -0.3 is 14.2 Å². The minimum absolute atomic E-state index is 0.456. The molecule has 21 heavy (non-hydrogen) atoms. The second-order valence-electron chi connectivity index (χ2n) is 3.37. The number of carbonyl (C=O) groups is 1. The average Bonchev–Trinajstić information content (AvgIpc) is 2.37. The molecule has 0 N–H and O–H groups in total. The number of carbonyl (C=O) groups excluding carboxylic acids is 1. The Bertz CT molecular complexity index is 579. The molecule has 0 spiro atoms. The smallest absolute Gasteiger partial charge is 0.465 e. The highest BCUT2D eigenvalue weighted by atomic mass is 19.4. The normalized spacial score (nSPS) is 11.0. The van der Waals surface area contributed by atoms with Gasteiger partial charge in [0.05, 0.1) is 18.2 Å². The van der Waals surface area contributed by atoms with E-state index in [1.807, 2.05) is 0 Å². The first-order valence-electron chi connectivity index (χ1n) is 5.05. The zero-order valence-electron chi connectivity index (χ0n) is 10.2. The number of hydrogen-bond donors (Lipinski definition) is 0. The molecule has 0 aliphatic carbocycles. The molecule has 0 saturated carbocycles. The van der Waals surface area contributed by atoms with Gasteiger partial charge in [-0.1, -0.05) is 0 Å². The van der Waals surface area contributed by atoms with Crippen LogP contribution in [0.2, 0.25) is 0 Å². The lowest BCUT2D eigenvalue weighted by Gasteiger charge is -2.15. The molecule has 0 bridgehead atoms. The van der Waals surface area contributed by atoms with Crippen LogP contribution in [0.5, 0.6) is 11.5 Å². The van der Waals surface area contributed by atoms with Crippen LogP contribution >= 0.6 is 0 Å². The Morgan fingerprint density at radius 2 is 1.90 bits per heavy atom. The van der Waals surface area contributed by atoms with Crippen LogP contribution in [0.4, 0.5) is 22.0 Å². The average molecular weight is 311 g/mol. The second-order valence-corrected chi connectivity index (χ2v) is 3.37. The minimum atomic E-state index is -5.19. The lowest BCUT2D eigenvalue weighted by Crippen LogP contribution is -2.19. The molecule has 0 radical (unpaired) electrons. The molecule has 0 amide bonds. The molecule has 0 aliphatic heterocycles. The van der Waals surface area contributed by atoms with Crippen LogP contribution in [-0.2, 0) is 4.74 Å². The third kappa shape index (κ3) is 4.48. The van der Waals surface area contributed by atoms with Gasteiger partial charge in [-0.2, -0.15) is 14.0 Å². The number of nitriles is 1. The van der Waals surface area contributed by atoms with E-state index in [0.29, 0.717) is 12.1 Å². The fourth-order valence-corrected chi connectivity index (χ4v) is 1.32. The Labute approximate surface area is 114 Å². The SMILES string of the molecule is COC(=O)c1cc(OC(F)F)c(OC(F)(F)F)cc1C#N. The van der Waals surface area contributed by atoms with Crippen molar-refractivity contribution < 1.29 is 41.0 Å². The summed E-state index contributed by atoms with van der Waals surface area (Å²) in [5, 5.41) is 8.77. The van der Waals surface area contributed by atoms with Crippen molar-refractivity contribution in [1.82, 2.24) is 0 Å². The second kappa shape index (κ2) is 6.25. The van der Waals surface area contributed by atoms with Gasteiger partial charge in [0.2, 0.25) is 0 Å². The predicted octanol–water partition coefficient (Wildman–Crippen LogP) is 2.84. The quantitative estimate of drug-likeness (QED) is 0.632. The van der Waals surface area contributed by atoms with Crippen LogP contribution in [0.25, 0.3) is 0 Å². The Balaban J connectivity index is 3.41. The van der Waals surface area contributed by atoms with E-state index in [0.717, 1.165) is 7.11 Å². The maximum Gasteiger partial charge on any atom is 0.573 e. The summed E-state index contributed by atoms with van der Waals surface area (Å²) in [6.07, 6.45) is -5.19. The van der Waals surface area contributed by atoms with Gasteiger partial charge in [-0.25, -0.2) is 4.79 Å². The molecule has 0 saturated heterocycles. The molecule has 0 aromatic heterocycles. The molecule has 0 aliphatic rings. The van der Waals surface area contributed by atoms with E-state index in [1.165, 1.54) is 6.07 Å². The Morgan fingerprint density at radius 1 is 1.29 bits per heavy atom. The van der Waals surface area contributed by atoms with Crippen molar-refractivity contribution in [2.75, 3.05) is 7.11 Å². The molecular formula is C11H6F5NO4. The van der Waals surface area contributed by atoms with E-state index in [-0.39, 0.29) is 0 Å². The molecule has 1 aromatic rings. The molecule has 0 atom stereocenters. The standard InChI is InChI=1S/C11H6F5NO4/c1-19-9(18)6-3-7(20-10(12)13)8(2-5(6)4-17)21-11(14,15)16/h2-3,10H,1H3. The van der Waals surface area contributed by atoms with Crippen LogP contribution in [0, 0.1) is 11.3 Å². The molecule has 5 nitrogen and oxygen atoms in total. The number of rotatable bonds is 4. The van der Waals surface area contributed by atoms with Gasteiger partial charge in [0.15, 0.2) is 11.5 Å². The van der Waals surface area contributed by atoms with Crippen molar-refractivity contribution in [1.29, 1.82) is 5.26 Å². The Morgan fingerprint density at radius 3 is 2.33 bits per heavy atom. The first kappa shape index (κ1) is 16.5. The molecule has 1 rings (SSSR count). The number of methoxy groups -OCH3 is 1. The highest BCUT2D eigenvalue weighted by Crippen LogP contribution is 2.36. The van der Waals surface area contributed by atoms with E-state index in [4.69, 9.17) is 5.26 Å². The van der Waals surface area contributed by atoms with E-state index in [9.17, 15) is 26.7 Å². The summed E-state index contributed by atoms with van der Waals surface area (Å²) in [6, 6.07) is 2.39. The van der Waals surface area contributed by atoms with Crippen LogP contribution in [-0.4, -0.2) is 26.1 Å². The van der Waals surface area contributed by atoms with Crippen molar-refractivity contribution in [3.63, 3.8) is 0 Å². The summed E-state index contributed by atoms with van der Waals surface area (Å²) < 4.78 is 72.5. The van der Waals surface area contributed by atoms with E-state index in [2.05, 4.69) is 14.2 Å². The Kier molecular flexibility index (Phi) is 4.91. The van der Waals surface area contributed by atoms with E-state index in [1.54, 1.807) is 0 Å². The van der Waals surface area contributed by atoms with Gasteiger partial charge >= 0.3 is 18.9 Å². The summed E-state index contributed by atoms with van der Waals surface area (Å²) in [5.41, 5.74) is -1.09. The van der Waals surface area contributed by atoms with Crippen molar-refractivity contribution in [3.8, 4) is 17.6 Å². The fraction of sp³-hybridized carbons (Fsp3) is 0.273. The molecule has 1 aromatic carbocycles. The van der Waals surface area contributed by atoms with Gasteiger partial charge in [-0.05, 0) is 0 Å². The van der Waals surface area contributed by atoms with Crippen LogP contribution < -0.4 is 9.47 Å². The molecule has 10 heteroatoms. The monoisotopic (exact) mass is 311 g/mol. The molecule has 0 heterocycles. The van der Waals surface area contributed by atoms with E-state index < -0.39 is 41.6 Å². The molecule has 0 unspecified atom stereocenters. The third-order valence-corrected chi connectivity index (χ3v) is 2.05. The first-order valence-corrected chi connectivity index (χ1v) is 5.05. The zero-order valence-corrected chi connectivity index (χ0v) is 10.2. The number of hydrogen-bond acceptors (Lipinski definition) is 5. The lowest BCUT2D eigenvalue weighted by molar-refractivity contribution is -0.275. The van der Waals surface area contributed by atoms with Gasteiger partial charge in [0.1, 0.15) is 6.07 Å². The van der Waals surface area contributed by atoms with Crippen molar-refractivity contribution in [2.24, 2.45) is 0 Å². The number of esters is 1. The minimum Gasteiger partial charge on any atom is -0.465 e. The number of nitrogens with zero attached hydrogens (tertiary/aromatic N) is 1. The van der Waals surface area contributed by atoms with Gasteiger partial charge in [-0.3, -0.25) is 0 Å². The van der Waals surface area contributed by atoms with Crippen LogP contribution in [0.3, 0.4) is 0 Å². The number of alkyl halides is 5. The topological polar surface area (TPSA) is 68.6 Å². The van der Waals surface area contributed by atoms with Gasteiger partial charge in [0.25, 0.3) is 0 Å². The van der Waals surface area contributed by atoms with Crippen molar-refractivity contribution >= 4 is 5.97 Å². The fourth-order valence-electron chi connectivity index (χ4n) is 1.32.